The molecule has 21 heavy (non-hydrogen) atoms. The Bertz CT molecular complexity index is 617. The van der Waals surface area contributed by atoms with Crippen LogP contribution in [0.2, 0.25) is 0 Å². The highest BCUT2D eigenvalue weighted by molar-refractivity contribution is 5.38. The minimum atomic E-state index is -0.424. The van der Waals surface area contributed by atoms with Crippen LogP contribution in [-0.2, 0) is 6.54 Å². The van der Waals surface area contributed by atoms with E-state index in [1.54, 1.807) is 6.07 Å². The van der Waals surface area contributed by atoms with Gasteiger partial charge in [-0.15, -0.1) is 0 Å². The largest absolute Gasteiger partial charge is 0.438 e. The van der Waals surface area contributed by atoms with Gasteiger partial charge in [-0.2, -0.15) is 0 Å². The molecule has 0 aliphatic rings. The maximum atomic E-state index is 13.3. The predicted octanol–water partition coefficient (Wildman–Crippen LogP) is 3.96. The zero-order valence-corrected chi connectivity index (χ0v) is 12.1. The van der Waals surface area contributed by atoms with E-state index in [4.69, 9.17) is 4.74 Å². The molecule has 0 unspecified atom stereocenters. The predicted molar refractivity (Wildman–Crippen MR) is 77.4 cm³/mol. The molecule has 112 valence electrons. The summed E-state index contributed by atoms with van der Waals surface area (Å²) < 4.78 is 32.3. The van der Waals surface area contributed by atoms with Gasteiger partial charge in [-0.05, 0) is 37.6 Å². The number of nitrogens with one attached hydrogen (secondary N) is 1. The number of halogens is 2. The van der Waals surface area contributed by atoms with Gasteiger partial charge >= 0.3 is 0 Å². The van der Waals surface area contributed by atoms with Gasteiger partial charge < -0.3 is 10.1 Å². The first kappa shape index (κ1) is 15.4. The van der Waals surface area contributed by atoms with Crippen LogP contribution in [0, 0.1) is 18.6 Å². The number of hydrogen-bond donors (Lipinski definition) is 1. The third-order valence-corrected chi connectivity index (χ3v) is 2.99. The first-order valence-corrected chi connectivity index (χ1v) is 6.89. The Balaban J connectivity index is 2.24. The van der Waals surface area contributed by atoms with Crippen molar-refractivity contribution < 1.29 is 13.5 Å². The molecule has 5 heteroatoms. The number of rotatable bonds is 6. The molecule has 0 radical (unpaired) electrons. The normalized spacial score (nSPS) is 10.7. The van der Waals surface area contributed by atoms with Gasteiger partial charge in [0.15, 0.2) is 0 Å². The van der Waals surface area contributed by atoms with Gasteiger partial charge in [0.1, 0.15) is 17.4 Å². The lowest BCUT2D eigenvalue weighted by Crippen LogP contribution is -2.15. The van der Waals surface area contributed by atoms with Gasteiger partial charge in [-0.1, -0.05) is 13.0 Å². The molecular formula is C16H18F2N2O. The van der Waals surface area contributed by atoms with Crippen LogP contribution < -0.4 is 10.1 Å². The van der Waals surface area contributed by atoms with E-state index >= 15 is 0 Å². The zero-order valence-electron chi connectivity index (χ0n) is 12.1. The van der Waals surface area contributed by atoms with E-state index in [0.717, 1.165) is 24.7 Å². The highest BCUT2D eigenvalue weighted by atomic mass is 19.1. The first-order chi connectivity index (χ1) is 10.1. The Morgan fingerprint density at radius 2 is 2.00 bits per heavy atom. The fourth-order valence-corrected chi connectivity index (χ4v) is 1.88. The highest BCUT2D eigenvalue weighted by Crippen LogP contribution is 2.27. The van der Waals surface area contributed by atoms with Crippen LogP contribution in [0.1, 0.15) is 24.5 Å². The molecule has 3 nitrogen and oxygen atoms in total. The lowest BCUT2D eigenvalue weighted by Gasteiger charge is -2.12. The molecule has 0 amide bonds. The van der Waals surface area contributed by atoms with Crippen molar-refractivity contribution in [3.8, 4) is 11.6 Å². The third-order valence-electron chi connectivity index (χ3n) is 2.99. The minimum Gasteiger partial charge on any atom is -0.438 e. The summed E-state index contributed by atoms with van der Waals surface area (Å²) in [7, 11) is 0. The summed E-state index contributed by atoms with van der Waals surface area (Å²) in [6.45, 7) is 5.12. The van der Waals surface area contributed by atoms with Crippen molar-refractivity contribution in [1.82, 2.24) is 10.3 Å². The number of ether oxygens (including phenoxy) is 1. The average Bonchev–Trinajstić information content (AvgIpc) is 2.46. The molecule has 2 rings (SSSR count). The van der Waals surface area contributed by atoms with Gasteiger partial charge in [0, 0.05) is 18.2 Å². The van der Waals surface area contributed by atoms with E-state index in [2.05, 4.69) is 10.3 Å². The van der Waals surface area contributed by atoms with Crippen molar-refractivity contribution in [1.29, 1.82) is 0 Å². The molecule has 1 aromatic carbocycles. The van der Waals surface area contributed by atoms with E-state index < -0.39 is 5.82 Å². The van der Waals surface area contributed by atoms with Gasteiger partial charge in [0.2, 0.25) is 5.88 Å². The van der Waals surface area contributed by atoms with Crippen LogP contribution in [0.25, 0.3) is 0 Å². The van der Waals surface area contributed by atoms with Crippen LogP contribution in [0.3, 0.4) is 0 Å². The Labute approximate surface area is 123 Å². The van der Waals surface area contributed by atoms with E-state index in [1.165, 1.54) is 18.2 Å². The van der Waals surface area contributed by atoms with Crippen molar-refractivity contribution in [2.24, 2.45) is 0 Å². The van der Waals surface area contributed by atoms with E-state index in [0.29, 0.717) is 17.9 Å². The Morgan fingerprint density at radius 1 is 1.19 bits per heavy atom. The second-order valence-corrected chi connectivity index (χ2v) is 4.81. The van der Waals surface area contributed by atoms with Crippen LogP contribution in [-0.4, -0.2) is 11.5 Å². The molecule has 0 atom stereocenters. The number of aromatic nitrogens is 1. The summed E-state index contributed by atoms with van der Waals surface area (Å²) in [6, 6.07) is 5.66. The zero-order chi connectivity index (χ0) is 15.2. The molecule has 0 bridgehead atoms. The van der Waals surface area contributed by atoms with Gasteiger partial charge in [0.05, 0.1) is 6.20 Å². The fraction of sp³-hybridized carbons (Fsp3) is 0.312. The molecule has 0 aliphatic heterocycles. The van der Waals surface area contributed by atoms with E-state index in [1.807, 2.05) is 13.8 Å². The minimum absolute atomic E-state index is 0.286. The summed E-state index contributed by atoms with van der Waals surface area (Å²) in [5.74, 6) is -0.144. The van der Waals surface area contributed by atoms with Crippen LogP contribution >= 0.6 is 0 Å². The van der Waals surface area contributed by atoms with Crippen molar-refractivity contribution in [2.45, 2.75) is 26.8 Å². The molecule has 0 fully saturated rings. The molecule has 0 saturated heterocycles. The molecule has 1 N–H and O–H groups in total. The summed E-state index contributed by atoms with van der Waals surface area (Å²) in [5, 5.41) is 3.17. The molecule has 1 aromatic heterocycles. The van der Waals surface area contributed by atoms with E-state index in [9.17, 15) is 8.78 Å². The molecular weight excluding hydrogens is 274 g/mol. The number of nitrogens with zero attached hydrogens (tertiary/aromatic N) is 1. The molecule has 1 heterocycles. The molecule has 0 saturated carbocycles. The Hall–Kier alpha value is -2.01. The van der Waals surface area contributed by atoms with Crippen LogP contribution in [0.4, 0.5) is 8.78 Å². The summed E-state index contributed by atoms with van der Waals surface area (Å²) >= 11 is 0. The summed E-state index contributed by atoms with van der Waals surface area (Å²) in [6.07, 6.45) is 2.06. The monoisotopic (exact) mass is 292 g/mol. The molecule has 2 aromatic rings. The van der Waals surface area contributed by atoms with Crippen molar-refractivity contribution >= 4 is 0 Å². The van der Waals surface area contributed by atoms with Crippen molar-refractivity contribution in [2.75, 3.05) is 6.54 Å². The van der Waals surface area contributed by atoms with E-state index in [-0.39, 0.29) is 11.7 Å². The lowest BCUT2D eigenvalue weighted by atomic mass is 10.2. The standard InChI is InChI=1S/C16H18F2N2O/c1-3-6-19-9-12-7-14(18)10-20-16(12)21-15-8-13(17)5-4-11(15)2/h4-5,7-8,10,19H,3,6,9H2,1-2H3. The smallest absolute Gasteiger partial charge is 0.223 e. The van der Waals surface area contributed by atoms with Crippen molar-refractivity contribution in [3.05, 3.63) is 53.2 Å². The Kier molecular flexibility index (Phi) is 5.22. The van der Waals surface area contributed by atoms with Crippen LogP contribution in [0.5, 0.6) is 11.6 Å². The maximum absolute atomic E-state index is 13.3. The average molecular weight is 292 g/mol. The topological polar surface area (TPSA) is 34.2 Å². The van der Waals surface area contributed by atoms with Gasteiger partial charge in [-0.25, -0.2) is 13.8 Å². The van der Waals surface area contributed by atoms with Crippen molar-refractivity contribution in [3.63, 3.8) is 0 Å². The first-order valence-electron chi connectivity index (χ1n) is 6.89. The van der Waals surface area contributed by atoms with Crippen LogP contribution in [0.15, 0.2) is 30.5 Å². The number of hydrogen-bond acceptors (Lipinski definition) is 3. The van der Waals surface area contributed by atoms with Gasteiger partial charge in [0.25, 0.3) is 0 Å². The number of pyridine rings is 1. The second kappa shape index (κ2) is 7.13. The summed E-state index contributed by atoms with van der Waals surface area (Å²) in [5.41, 5.74) is 1.39. The highest BCUT2D eigenvalue weighted by Gasteiger charge is 2.10. The maximum Gasteiger partial charge on any atom is 0.223 e. The SMILES string of the molecule is CCCNCc1cc(F)cnc1Oc1cc(F)ccc1C. The second-order valence-electron chi connectivity index (χ2n) is 4.81. The quantitative estimate of drug-likeness (QED) is 0.818. The fourth-order valence-electron chi connectivity index (χ4n) is 1.88. The molecule has 0 spiro atoms. The number of aryl methyl sites for hydroxylation is 1. The third kappa shape index (κ3) is 4.23. The molecule has 0 aliphatic carbocycles. The Morgan fingerprint density at radius 3 is 2.76 bits per heavy atom. The lowest BCUT2D eigenvalue weighted by molar-refractivity contribution is 0.441. The summed E-state index contributed by atoms with van der Waals surface area (Å²) in [4.78, 5) is 3.96. The number of benzene rings is 1. The van der Waals surface area contributed by atoms with Gasteiger partial charge in [-0.3, -0.25) is 0 Å².